The lowest BCUT2D eigenvalue weighted by Gasteiger charge is -2.53. The van der Waals surface area contributed by atoms with E-state index in [0.717, 1.165) is 57.2 Å². The van der Waals surface area contributed by atoms with E-state index in [1.807, 2.05) is 6.92 Å². The molecule has 0 aromatic heterocycles. The van der Waals surface area contributed by atoms with Crippen molar-refractivity contribution in [2.24, 2.45) is 23.2 Å². The van der Waals surface area contributed by atoms with E-state index < -0.39 is 5.79 Å². The van der Waals surface area contributed by atoms with Crippen LogP contribution in [0.4, 0.5) is 0 Å². The van der Waals surface area contributed by atoms with E-state index in [1.165, 1.54) is 18.4 Å². The summed E-state index contributed by atoms with van der Waals surface area (Å²) in [7, 11) is 0. The van der Waals surface area contributed by atoms with E-state index in [9.17, 15) is 4.79 Å². The third kappa shape index (κ3) is 3.38. The third-order valence-electron chi connectivity index (χ3n) is 10.7. The van der Waals surface area contributed by atoms with Gasteiger partial charge in [-0.1, -0.05) is 42.3 Å². The predicted octanol–water partition coefficient (Wildman–Crippen LogP) is 5.20. The van der Waals surface area contributed by atoms with Crippen LogP contribution in [-0.2, 0) is 24.8 Å². The van der Waals surface area contributed by atoms with Crippen LogP contribution in [0.2, 0.25) is 0 Å². The van der Waals surface area contributed by atoms with Gasteiger partial charge in [-0.25, -0.2) is 0 Å². The van der Waals surface area contributed by atoms with Gasteiger partial charge in [0, 0.05) is 29.9 Å². The van der Waals surface area contributed by atoms with Crippen molar-refractivity contribution in [3.8, 4) is 0 Å². The Morgan fingerprint density at radius 2 is 1.71 bits per heavy atom. The van der Waals surface area contributed by atoms with Gasteiger partial charge in [0.05, 0.1) is 19.8 Å². The number of fused-ring (bicyclic) bond motifs is 4. The van der Waals surface area contributed by atoms with E-state index in [4.69, 9.17) is 14.2 Å². The molecule has 1 N–H and O–H groups in total. The van der Waals surface area contributed by atoms with Gasteiger partial charge in [-0.2, -0.15) is 0 Å². The maximum atomic E-state index is 13.2. The minimum atomic E-state index is -0.643. The van der Waals surface area contributed by atoms with Crippen LogP contribution in [0.3, 0.4) is 0 Å². The Kier molecular flexibility index (Phi) is 5.17. The molecule has 5 unspecified atom stereocenters. The molecule has 2 aliphatic heterocycles. The van der Waals surface area contributed by atoms with Crippen LogP contribution in [0.25, 0.3) is 0 Å². The zero-order valence-electron chi connectivity index (χ0n) is 21.2. The Morgan fingerprint density at radius 1 is 0.914 bits per heavy atom. The first-order valence-corrected chi connectivity index (χ1v) is 13.9. The van der Waals surface area contributed by atoms with Crippen LogP contribution in [0, 0.1) is 23.2 Å². The molecule has 5 nitrogen and oxygen atoms in total. The quantitative estimate of drug-likeness (QED) is 0.593. The second-order valence-corrected chi connectivity index (χ2v) is 12.3. The molecular weight excluding hydrogens is 438 g/mol. The number of carbonyl (C=O) groups is 1. The fraction of sp³-hybridized carbons (Fsp3) is 0.700. The van der Waals surface area contributed by atoms with Crippen LogP contribution < -0.4 is 5.32 Å². The number of ketones is 1. The number of rotatable bonds is 2. The lowest BCUT2D eigenvalue weighted by atomic mass is 9.52. The highest BCUT2D eigenvalue weighted by Gasteiger charge is 2.57. The third-order valence-corrected chi connectivity index (χ3v) is 10.7. The van der Waals surface area contributed by atoms with Crippen molar-refractivity contribution < 1.29 is 19.0 Å². The molecule has 3 saturated carbocycles. The van der Waals surface area contributed by atoms with Gasteiger partial charge in [0.1, 0.15) is 11.5 Å². The van der Waals surface area contributed by atoms with Crippen molar-refractivity contribution in [2.45, 2.75) is 82.6 Å². The molecule has 0 bridgehead atoms. The Morgan fingerprint density at radius 3 is 2.46 bits per heavy atom. The first-order valence-electron chi connectivity index (χ1n) is 13.9. The highest BCUT2D eigenvalue weighted by atomic mass is 16.7. The number of allylic oxidation sites excluding steroid dienone is 2. The average Bonchev–Trinajstić information content (AvgIpc) is 3.59. The van der Waals surface area contributed by atoms with Gasteiger partial charge in [-0.3, -0.25) is 10.1 Å². The molecule has 4 aliphatic carbocycles. The minimum absolute atomic E-state index is 0.0953. The van der Waals surface area contributed by atoms with Crippen molar-refractivity contribution in [1.82, 2.24) is 5.32 Å². The van der Waals surface area contributed by atoms with Gasteiger partial charge >= 0.3 is 0 Å². The SMILES string of the molecule is CC1(c2ccc(C3C[C@]4(C)C(=O)CCC4C4CCC5CC6(CCC5=C34)NCCO6)cc2)OCCO1. The Hall–Kier alpha value is -1.53. The maximum Gasteiger partial charge on any atom is 0.192 e. The molecule has 2 heterocycles. The summed E-state index contributed by atoms with van der Waals surface area (Å²) in [6.45, 7) is 7.40. The van der Waals surface area contributed by atoms with E-state index in [0.29, 0.717) is 42.7 Å². The van der Waals surface area contributed by atoms with Crippen LogP contribution in [0.5, 0.6) is 0 Å². The standard InChI is InChI=1S/C30H39NO4/c1-28-18-24(19-3-6-21(7-4-19)29(2)33-15-16-34-29)27-22-11-12-30(31-13-14-35-30)17-20(22)5-8-23(27)25(28)9-10-26(28)32/h3-4,6-7,20,23-25,31H,5,8-18H2,1-2H3/t20?,23?,24?,25?,28-,30?/m0/s1. The molecule has 1 aromatic carbocycles. The predicted molar refractivity (Wildman–Crippen MR) is 133 cm³/mol. The second kappa shape index (κ2) is 7.98. The summed E-state index contributed by atoms with van der Waals surface area (Å²) >= 11 is 0. The molecule has 6 aliphatic rings. The molecule has 2 saturated heterocycles. The highest BCUT2D eigenvalue weighted by molar-refractivity contribution is 5.87. The smallest absolute Gasteiger partial charge is 0.192 e. The van der Waals surface area contributed by atoms with Gasteiger partial charge in [0.25, 0.3) is 0 Å². The van der Waals surface area contributed by atoms with Gasteiger partial charge in [-0.15, -0.1) is 0 Å². The summed E-state index contributed by atoms with van der Waals surface area (Å²) in [5.41, 5.74) is 5.59. The minimum Gasteiger partial charge on any atom is -0.359 e. The fourth-order valence-electron chi connectivity index (χ4n) is 8.90. The first kappa shape index (κ1) is 22.7. The van der Waals surface area contributed by atoms with Crippen LogP contribution in [-0.4, -0.2) is 37.9 Å². The van der Waals surface area contributed by atoms with Crippen molar-refractivity contribution in [3.05, 3.63) is 46.5 Å². The molecular formula is C30H39NO4. The largest absolute Gasteiger partial charge is 0.359 e. The molecule has 1 spiro atoms. The summed E-state index contributed by atoms with van der Waals surface area (Å²) in [6, 6.07) is 8.97. The highest BCUT2D eigenvalue weighted by Crippen LogP contribution is 2.63. The lowest BCUT2D eigenvalue weighted by molar-refractivity contribution is -0.149. The number of benzene rings is 1. The van der Waals surface area contributed by atoms with Crippen LogP contribution in [0.1, 0.15) is 82.3 Å². The van der Waals surface area contributed by atoms with Crippen molar-refractivity contribution in [3.63, 3.8) is 0 Å². The van der Waals surface area contributed by atoms with Gasteiger partial charge in [-0.05, 0) is 75.2 Å². The lowest BCUT2D eigenvalue weighted by Crippen LogP contribution is -2.49. The molecule has 35 heavy (non-hydrogen) atoms. The summed E-state index contributed by atoms with van der Waals surface area (Å²) in [4.78, 5) is 13.2. The molecule has 6 atom stereocenters. The Labute approximate surface area is 209 Å². The van der Waals surface area contributed by atoms with Crippen molar-refractivity contribution in [1.29, 1.82) is 0 Å². The number of Topliss-reactive ketones (excluding diaryl/α,β-unsaturated/α-hetero) is 1. The zero-order valence-corrected chi connectivity index (χ0v) is 21.2. The van der Waals surface area contributed by atoms with E-state index >= 15 is 0 Å². The van der Waals surface area contributed by atoms with E-state index in [1.54, 1.807) is 11.1 Å². The van der Waals surface area contributed by atoms with E-state index in [2.05, 4.69) is 36.5 Å². The van der Waals surface area contributed by atoms with Crippen molar-refractivity contribution in [2.75, 3.05) is 26.4 Å². The molecule has 7 rings (SSSR count). The number of hydrogen-bond acceptors (Lipinski definition) is 5. The maximum absolute atomic E-state index is 13.2. The van der Waals surface area contributed by atoms with E-state index in [-0.39, 0.29) is 11.1 Å². The first-order chi connectivity index (χ1) is 16.9. The summed E-state index contributed by atoms with van der Waals surface area (Å²) in [5, 5.41) is 3.69. The topological polar surface area (TPSA) is 56.8 Å². The van der Waals surface area contributed by atoms with Crippen LogP contribution >= 0.6 is 0 Å². The summed E-state index contributed by atoms with van der Waals surface area (Å²) in [5.74, 6) is 1.88. The molecule has 188 valence electrons. The van der Waals surface area contributed by atoms with Gasteiger partial charge in [0.2, 0.25) is 0 Å². The number of hydrogen-bond donors (Lipinski definition) is 1. The van der Waals surface area contributed by atoms with Crippen molar-refractivity contribution >= 4 is 5.78 Å². The molecule has 5 fully saturated rings. The van der Waals surface area contributed by atoms with Gasteiger partial charge < -0.3 is 14.2 Å². The number of nitrogens with one attached hydrogen (secondary N) is 1. The molecule has 0 amide bonds. The second-order valence-electron chi connectivity index (χ2n) is 12.3. The molecule has 5 heteroatoms. The van der Waals surface area contributed by atoms with Crippen LogP contribution in [0.15, 0.2) is 35.4 Å². The Balaban J connectivity index is 1.28. The monoisotopic (exact) mass is 477 g/mol. The number of ether oxygens (including phenoxy) is 3. The zero-order chi connectivity index (χ0) is 23.8. The summed E-state index contributed by atoms with van der Waals surface area (Å²) in [6.07, 6.45) is 8.60. The normalized spacial score (nSPS) is 42.3. The van der Waals surface area contributed by atoms with Gasteiger partial charge in [0.15, 0.2) is 5.79 Å². The average molecular weight is 478 g/mol. The summed E-state index contributed by atoms with van der Waals surface area (Å²) < 4.78 is 18.1. The Bertz CT molecular complexity index is 1050. The molecule has 0 radical (unpaired) electrons. The fourth-order valence-corrected chi connectivity index (χ4v) is 8.90. The number of carbonyl (C=O) groups excluding carboxylic acids is 1. The molecule has 1 aromatic rings.